The van der Waals surface area contributed by atoms with E-state index in [0.29, 0.717) is 16.8 Å². The Morgan fingerprint density at radius 3 is 2.62 bits per heavy atom. The summed E-state index contributed by atoms with van der Waals surface area (Å²) in [5.74, 6) is -0.280. The summed E-state index contributed by atoms with van der Waals surface area (Å²) in [6, 6.07) is 8.78. The van der Waals surface area contributed by atoms with Gasteiger partial charge in [-0.25, -0.2) is 14.8 Å². The highest BCUT2D eigenvalue weighted by molar-refractivity contribution is 6.22. The number of nitriles is 1. The number of nitrogens with two attached hydrogens (primary N) is 1. The number of ether oxygens (including phenoxy) is 1. The Morgan fingerprint density at radius 1 is 1.29 bits per heavy atom. The van der Waals surface area contributed by atoms with Crippen molar-refractivity contribution in [2.45, 2.75) is 0 Å². The number of aromatic nitrogens is 2. The molecule has 0 unspecified atom stereocenters. The van der Waals surface area contributed by atoms with Gasteiger partial charge in [0.05, 0.1) is 0 Å². The van der Waals surface area contributed by atoms with Crippen LogP contribution in [-0.4, -0.2) is 27.0 Å². The van der Waals surface area contributed by atoms with Crippen LogP contribution in [0.15, 0.2) is 29.4 Å². The maximum Gasteiger partial charge on any atom is 0.411 e. The zero-order valence-electron chi connectivity index (χ0n) is 10.4. The number of primary amides is 1. The minimum atomic E-state index is -1.09. The third kappa shape index (κ3) is 1.84. The van der Waals surface area contributed by atoms with E-state index in [9.17, 15) is 4.79 Å². The molecule has 0 saturated carbocycles. The molecule has 0 fully saturated rings. The summed E-state index contributed by atoms with van der Waals surface area (Å²) in [7, 11) is 0. The Kier molecular flexibility index (Phi) is 2.73. The Labute approximate surface area is 118 Å². The normalized spacial score (nSPS) is 13.4. The molecule has 0 bridgehead atoms. The second-order valence-electron chi connectivity index (χ2n) is 4.10. The topological polar surface area (TPSA) is 134 Å². The Morgan fingerprint density at radius 2 is 2.00 bits per heavy atom. The Hall–Kier alpha value is -3.47. The number of carbonyl (C=O) groups is 1. The molecule has 1 amide bonds. The zero-order chi connectivity index (χ0) is 15.0. The maximum absolute atomic E-state index is 10.9. The van der Waals surface area contributed by atoms with E-state index in [0.717, 1.165) is 0 Å². The van der Waals surface area contributed by atoms with E-state index in [1.807, 2.05) is 0 Å². The van der Waals surface area contributed by atoms with Crippen molar-refractivity contribution in [1.29, 1.82) is 5.26 Å². The van der Waals surface area contributed by atoms with Gasteiger partial charge < -0.3 is 15.7 Å². The lowest BCUT2D eigenvalue weighted by molar-refractivity contribution is 0.208. The molecule has 0 aliphatic heterocycles. The van der Waals surface area contributed by atoms with Crippen molar-refractivity contribution in [3.8, 4) is 23.2 Å². The summed E-state index contributed by atoms with van der Waals surface area (Å²) in [6.07, 6.45) is -1.09. The van der Waals surface area contributed by atoms with Crippen molar-refractivity contribution in [1.82, 2.24) is 9.97 Å². The molecule has 2 aromatic rings. The van der Waals surface area contributed by atoms with E-state index >= 15 is 0 Å². The number of nitrogens with zero attached hydrogens (tertiary/aromatic N) is 4. The van der Waals surface area contributed by atoms with E-state index < -0.39 is 6.09 Å². The number of rotatable bonds is 1. The van der Waals surface area contributed by atoms with Crippen molar-refractivity contribution >= 4 is 11.8 Å². The molecule has 0 radical (unpaired) electrons. The smallest absolute Gasteiger partial charge is 0.410 e. The van der Waals surface area contributed by atoms with Crippen LogP contribution in [0.4, 0.5) is 4.79 Å². The minimum absolute atomic E-state index is 0.204. The van der Waals surface area contributed by atoms with Gasteiger partial charge in [-0.3, -0.25) is 0 Å². The van der Waals surface area contributed by atoms with Crippen LogP contribution in [0.5, 0.6) is 5.88 Å². The fourth-order valence-electron chi connectivity index (χ4n) is 2.14. The molecule has 0 spiro atoms. The summed E-state index contributed by atoms with van der Waals surface area (Å²) >= 11 is 0. The molecule has 1 aromatic heterocycles. The van der Waals surface area contributed by atoms with Gasteiger partial charge in [0.15, 0.2) is 0 Å². The average Bonchev–Trinajstić information content (AvgIpc) is 2.78. The molecule has 3 rings (SSSR count). The minimum Gasteiger partial charge on any atom is -0.410 e. The van der Waals surface area contributed by atoms with Crippen molar-refractivity contribution in [2.24, 2.45) is 10.9 Å². The van der Waals surface area contributed by atoms with Crippen molar-refractivity contribution in [3.63, 3.8) is 0 Å². The van der Waals surface area contributed by atoms with Crippen LogP contribution in [-0.2, 0) is 0 Å². The number of hydrogen-bond acceptors (Lipinski definition) is 7. The molecule has 1 aliphatic carbocycles. The van der Waals surface area contributed by atoms with Gasteiger partial charge in [-0.2, -0.15) is 5.26 Å². The molecular weight excluding hydrogens is 274 g/mol. The van der Waals surface area contributed by atoms with Crippen LogP contribution in [0.3, 0.4) is 0 Å². The van der Waals surface area contributed by atoms with Gasteiger partial charge in [0.2, 0.25) is 5.69 Å². The molecular formula is C13H7N5O3. The molecule has 21 heavy (non-hydrogen) atoms. The first-order chi connectivity index (χ1) is 10.2. The summed E-state index contributed by atoms with van der Waals surface area (Å²) in [4.78, 5) is 19.0. The third-order valence-electron chi connectivity index (χ3n) is 2.93. The largest absolute Gasteiger partial charge is 0.411 e. The summed E-state index contributed by atoms with van der Waals surface area (Å²) in [5.41, 5.74) is 6.80. The molecule has 8 heteroatoms. The maximum atomic E-state index is 10.9. The fourth-order valence-corrected chi connectivity index (χ4v) is 2.14. The van der Waals surface area contributed by atoms with Crippen LogP contribution in [0, 0.1) is 11.3 Å². The van der Waals surface area contributed by atoms with Gasteiger partial charge in [-0.1, -0.05) is 29.4 Å². The van der Waals surface area contributed by atoms with Crippen LogP contribution >= 0.6 is 0 Å². The van der Waals surface area contributed by atoms with Crippen LogP contribution < -0.4 is 10.5 Å². The fraction of sp³-hybridized carbons (Fsp3) is 0. The second kappa shape index (κ2) is 4.57. The highest BCUT2D eigenvalue weighted by Crippen LogP contribution is 2.36. The first-order valence-corrected chi connectivity index (χ1v) is 5.77. The number of benzene rings is 1. The molecule has 8 nitrogen and oxygen atoms in total. The van der Waals surface area contributed by atoms with Gasteiger partial charge in [-0.15, -0.1) is 0 Å². The summed E-state index contributed by atoms with van der Waals surface area (Å²) < 4.78 is 4.69. The van der Waals surface area contributed by atoms with Gasteiger partial charge in [0.25, 0.3) is 5.88 Å². The van der Waals surface area contributed by atoms with Gasteiger partial charge in [-0.05, 0) is 0 Å². The lowest BCUT2D eigenvalue weighted by Gasteiger charge is -2.04. The zero-order valence-corrected chi connectivity index (χ0v) is 10.4. The van der Waals surface area contributed by atoms with Crippen molar-refractivity contribution in [3.05, 3.63) is 41.2 Å². The van der Waals surface area contributed by atoms with Gasteiger partial charge in [0, 0.05) is 11.1 Å². The highest BCUT2D eigenvalue weighted by atomic mass is 16.6. The predicted molar refractivity (Wildman–Crippen MR) is 69.8 cm³/mol. The Bertz CT molecular complexity index is 838. The van der Waals surface area contributed by atoms with Crippen LogP contribution in [0.2, 0.25) is 0 Å². The second-order valence-corrected chi connectivity index (χ2v) is 4.10. The lowest BCUT2D eigenvalue weighted by Crippen LogP contribution is -2.18. The van der Waals surface area contributed by atoms with Crippen molar-refractivity contribution in [2.75, 3.05) is 0 Å². The molecule has 102 valence electrons. The molecule has 1 heterocycles. The quantitative estimate of drug-likeness (QED) is 0.505. The van der Waals surface area contributed by atoms with Gasteiger partial charge >= 0.3 is 6.09 Å². The SMILES string of the molecule is N#Cc1nc2c(nc1OC(N)=O)-c1ccccc1C2=NO. The van der Waals surface area contributed by atoms with E-state index in [2.05, 4.69) is 19.9 Å². The first kappa shape index (κ1) is 12.6. The summed E-state index contributed by atoms with van der Waals surface area (Å²) in [6.45, 7) is 0. The monoisotopic (exact) mass is 281 g/mol. The standard InChI is InChI=1S/C13H7N5O3/c14-5-8-12(21-13(15)19)17-9-6-3-1-2-4-7(6)10(18-20)11(9)16-8/h1-4,20H,(H2,15,19). The van der Waals surface area contributed by atoms with Gasteiger partial charge in [0.1, 0.15) is 23.2 Å². The Balaban J connectivity index is 2.29. The van der Waals surface area contributed by atoms with E-state index in [1.165, 1.54) is 0 Å². The lowest BCUT2D eigenvalue weighted by atomic mass is 10.1. The molecule has 1 aromatic carbocycles. The molecule has 0 saturated heterocycles. The van der Waals surface area contributed by atoms with E-state index in [4.69, 9.17) is 16.2 Å². The third-order valence-corrected chi connectivity index (χ3v) is 2.93. The number of fused-ring (bicyclic) bond motifs is 3. The van der Waals surface area contributed by atoms with E-state index in [1.54, 1.807) is 30.3 Å². The van der Waals surface area contributed by atoms with Crippen LogP contribution in [0.1, 0.15) is 17.0 Å². The van der Waals surface area contributed by atoms with Crippen molar-refractivity contribution < 1.29 is 14.7 Å². The van der Waals surface area contributed by atoms with Crippen LogP contribution in [0.25, 0.3) is 11.3 Å². The summed E-state index contributed by atoms with van der Waals surface area (Å²) in [5, 5.41) is 21.4. The molecule has 3 N–H and O–H groups in total. The predicted octanol–water partition coefficient (Wildman–Crippen LogP) is 1.01. The number of amides is 1. The first-order valence-electron chi connectivity index (χ1n) is 5.77. The number of oxime groups is 1. The average molecular weight is 281 g/mol. The highest BCUT2D eigenvalue weighted by Gasteiger charge is 2.30. The molecule has 0 atom stereocenters. The number of carbonyl (C=O) groups excluding carboxylic acids is 1. The molecule has 1 aliphatic rings. The van der Waals surface area contributed by atoms with E-state index in [-0.39, 0.29) is 23.0 Å². The number of hydrogen-bond donors (Lipinski definition) is 2.